The van der Waals surface area contributed by atoms with Gasteiger partial charge in [0.05, 0.1) is 0 Å². The average molecular weight is 338 g/mol. The van der Waals surface area contributed by atoms with Crippen molar-refractivity contribution in [1.29, 1.82) is 0 Å². The maximum atomic E-state index is 12.3. The number of halogens is 1. The first-order valence-corrected chi connectivity index (χ1v) is 8.52. The smallest absolute Gasteiger partial charge is 0.317 e. The maximum absolute atomic E-state index is 12.3. The van der Waals surface area contributed by atoms with Crippen LogP contribution in [0.5, 0.6) is 0 Å². The number of carbonyl (C=O) groups is 1. The summed E-state index contributed by atoms with van der Waals surface area (Å²) in [6, 6.07) is 7.01. The number of hydrogen-bond acceptors (Lipinski definition) is 2. The minimum atomic E-state index is 0. The number of urea groups is 1. The van der Waals surface area contributed by atoms with Gasteiger partial charge in [-0.2, -0.15) is 0 Å². The summed E-state index contributed by atoms with van der Waals surface area (Å²) in [4.78, 5) is 16.7. The topological polar surface area (TPSA) is 35.6 Å². The van der Waals surface area contributed by atoms with Gasteiger partial charge in [0, 0.05) is 37.9 Å². The number of aryl methyl sites for hydroxylation is 1. The Kier molecular flexibility index (Phi) is 6.17. The monoisotopic (exact) mass is 337 g/mol. The zero-order valence-corrected chi connectivity index (χ0v) is 15.0. The number of piperazine rings is 1. The Hall–Kier alpha value is -1.42. The summed E-state index contributed by atoms with van der Waals surface area (Å²) in [5.74, 6) is 0. The van der Waals surface area contributed by atoms with Crippen molar-refractivity contribution in [3.8, 4) is 0 Å². The molecule has 3 rings (SSSR count). The van der Waals surface area contributed by atoms with E-state index in [2.05, 4.69) is 42.3 Å². The van der Waals surface area contributed by atoms with Crippen LogP contribution in [0.25, 0.3) is 0 Å². The van der Waals surface area contributed by atoms with Gasteiger partial charge in [-0.3, -0.25) is 0 Å². The second kappa shape index (κ2) is 7.91. The number of nitrogens with one attached hydrogen (secondary N) is 1. The van der Waals surface area contributed by atoms with Gasteiger partial charge in [-0.15, -0.1) is 12.4 Å². The number of benzene rings is 1. The van der Waals surface area contributed by atoms with Gasteiger partial charge in [0.15, 0.2) is 0 Å². The molecule has 0 aromatic heterocycles. The number of hydrogen-bond donors (Lipinski definition) is 1. The highest BCUT2D eigenvalue weighted by Gasteiger charge is 2.25. The summed E-state index contributed by atoms with van der Waals surface area (Å²) < 4.78 is 0. The molecule has 1 aromatic carbocycles. The van der Waals surface area contributed by atoms with Gasteiger partial charge in [-0.25, -0.2) is 4.79 Å². The lowest BCUT2D eigenvalue weighted by molar-refractivity contribution is 0.190. The molecule has 1 saturated carbocycles. The van der Waals surface area contributed by atoms with E-state index < -0.39 is 0 Å². The highest BCUT2D eigenvalue weighted by Crippen LogP contribution is 2.24. The van der Waals surface area contributed by atoms with E-state index in [1.165, 1.54) is 29.7 Å². The van der Waals surface area contributed by atoms with Gasteiger partial charge in [-0.1, -0.05) is 25.0 Å². The molecule has 128 valence electrons. The Morgan fingerprint density at radius 3 is 2.39 bits per heavy atom. The Morgan fingerprint density at radius 2 is 1.74 bits per heavy atom. The highest BCUT2D eigenvalue weighted by molar-refractivity contribution is 5.85. The Labute approximate surface area is 145 Å². The zero-order valence-electron chi connectivity index (χ0n) is 14.2. The molecule has 2 aliphatic rings. The van der Waals surface area contributed by atoms with Crippen molar-refractivity contribution in [2.75, 3.05) is 31.1 Å². The molecule has 2 fully saturated rings. The van der Waals surface area contributed by atoms with Crippen LogP contribution in [-0.4, -0.2) is 43.2 Å². The molecular formula is C18H28ClN3O. The molecule has 1 aliphatic heterocycles. The largest absolute Gasteiger partial charge is 0.368 e. The zero-order chi connectivity index (χ0) is 15.5. The molecular weight excluding hydrogens is 310 g/mol. The minimum Gasteiger partial charge on any atom is -0.368 e. The van der Waals surface area contributed by atoms with Gasteiger partial charge in [0.1, 0.15) is 0 Å². The summed E-state index contributed by atoms with van der Waals surface area (Å²) in [6.45, 7) is 7.80. The number of carbonyl (C=O) groups excluding carboxylic acids is 1. The van der Waals surface area contributed by atoms with Crippen LogP contribution in [0.4, 0.5) is 10.5 Å². The van der Waals surface area contributed by atoms with Crippen molar-refractivity contribution in [3.63, 3.8) is 0 Å². The number of rotatable bonds is 2. The second-order valence-electron chi connectivity index (χ2n) is 6.62. The molecule has 0 unspecified atom stereocenters. The molecule has 23 heavy (non-hydrogen) atoms. The van der Waals surface area contributed by atoms with Crippen LogP contribution in [0, 0.1) is 13.8 Å². The standard InChI is InChI=1S/C18H27N3O.ClH/c1-14-6-5-9-17(15(14)2)20-10-12-21(13-11-20)18(22)19-16-7-3-4-8-16;/h5-6,9,16H,3-4,7-8,10-13H2,1-2H3,(H,19,22);1H. The van der Waals surface area contributed by atoms with Crippen LogP contribution in [0.3, 0.4) is 0 Å². The summed E-state index contributed by atoms with van der Waals surface area (Å²) in [5, 5.41) is 3.19. The SMILES string of the molecule is Cc1cccc(N2CCN(C(=O)NC3CCCC3)CC2)c1C.Cl. The average Bonchev–Trinajstić information content (AvgIpc) is 3.03. The molecule has 1 aliphatic carbocycles. The van der Waals surface area contributed by atoms with Crippen LogP contribution >= 0.6 is 12.4 Å². The van der Waals surface area contributed by atoms with Crippen LogP contribution in [0.2, 0.25) is 0 Å². The van der Waals surface area contributed by atoms with E-state index in [0.29, 0.717) is 6.04 Å². The Bertz CT molecular complexity index is 535. The van der Waals surface area contributed by atoms with Crippen LogP contribution in [0.15, 0.2) is 18.2 Å². The fourth-order valence-electron chi connectivity index (χ4n) is 3.56. The van der Waals surface area contributed by atoms with E-state index in [9.17, 15) is 4.79 Å². The van der Waals surface area contributed by atoms with Gasteiger partial charge in [-0.05, 0) is 43.9 Å². The molecule has 0 atom stereocenters. The molecule has 1 aromatic rings. The third kappa shape index (κ3) is 4.11. The molecule has 5 heteroatoms. The molecule has 1 heterocycles. The fourth-order valence-corrected chi connectivity index (χ4v) is 3.56. The molecule has 2 amide bonds. The quantitative estimate of drug-likeness (QED) is 0.896. The van der Waals surface area contributed by atoms with E-state index in [1.807, 2.05) is 4.90 Å². The van der Waals surface area contributed by atoms with Crippen molar-refractivity contribution in [2.45, 2.75) is 45.6 Å². The first kappa shape index (κ1) is 17.9. The van der Waals surface area contributed by atoms with E-state index in [-0.39, 0.29) is 18.4 Å². The van der Waals surface area contributed by atoms with Gasteiger partial charge in [0.25, 0.3) is 0 Å². The summed E-state index contributed by atoms with van der Waals surface area (Å²) in [7, 11) is 0. The van der Waals surface area contributed by atoms with Crippen LogP contribution in [-0.2, 0) is 0 Å². The Morgan fingerprint density at radius 1 is 1.09 bits per heavy atom. The van der Waals surface area contributed by atoms with Gasteiger partial charge < -0.3 is 15.1 Å². The predicted molar refractivity (Wildman–Crippen MR) is 97.7 cm³/mol. The first-order valence-electron chi connectivity index (χ1n) is 8.52. The normalized spacial score (nSPS) is 18.7. The van der Waals surface area contributed by atoms with Crippen molar-refractivity contribution in [2.24, 2.45) is 0 Å². The lowest BCUT2D eigenvalue weighted by Gasteiger charge is -2.37. The minimum absolute atomic E-state index is 0. The summed E-state index contributed by atoms with van der Waals surface area (Å²) >= 11 is 0. The number of nitrogens with zero attached hydrogens (tertiary/aromatic N) is 2. The van der Waals surface area contributed by atoms with E-state index in [1.54, 1.807) is 0 Å². The second-order valence-corrected chi connectivity index (χ2v) is 6.62. The molecule has 1 saturated heterocycles. The van der Waals surface area contributed by atoms with Crippen molar-refractivity contribution in [3.05, 3.63) is 29.3 Å². The molecule has 1 N–H and O–H groups in total. The van der Waals surface area contributed by atoms with Crippen molar-refractivity contribution in [1.82, 2.24) is 10.2 Å². The number of anilines is 1. The van der Waals surface area contributed by atoms with Gasteiger partial charge in [0.2, 0.25) is 0 Å². The maximum Gasteiger partial charge on any atom is 0.317 e. The third-order valence-electron chi connectivity index (χ3n) is 5.17. The Balaban J connectivity index is 0.00000192. The van der Waals surface area contributed by atoms with Crippen LogP contribution in [0.1, 0.15) is 36.8 Å². The lowest BCUT2D eigenvalue weighted by atomic mass is 10.1. The first-order chi connectivity index (χ1) is 10.6. The van der Waals surface area contributed by atoms with Crippen molar-refractivity contribution >= 4 is 24.1 Å². The molecule has 0 bridgehead atoms. The van der Waals surface area contributed by atoms with E-state index >= 15 is 0 Å². The fraction of sp³-hybridized carbons (Fsp3) is 0.611. The van der Waals surface area contributed by atoms with Gasteiger partial charge >= 0.3 is 6.03 Å². The third-order valence-corrected chi connectivity index (χ3v) is 5.17. The predicted octanol–water partition coefficient (Wildman–Crippen LogP) is 3.50. The summed E-state index contributed by atoms with van der Waals surface area (Å²) in [5.41, 5.74) is 4.00. The molecule has 0 spiro atoms. The summed E-state index contributed by atoms with van der Waals surface area (Å²) in [6.07, 6.45) is 4.80. The highest BCUT2D eigenvalue weighted by atomic mass is 35.5. The lowest BCUT2D eigenvalue weighted by Crippen LogP contribution is -2.53. The van der Waals surface area contributed by atoms with E-state index in [0.717, 1.165) is 39.0 Å². The van der Waals surface area contributed by atoms with Crippen LogP contribution < -0.4 is 10.2 Å². The van der Waals surface area contributed by atoms with E-state index in [4.69, 9.17) is 0 Å². The molecule has 4 nitrogen and oxygen atoms in total. The number of amides is 2. The molecule has 0 radical (unpaired) electrons. The van der Waals surface area contributed by atoms with Crippen molar-refractivity contribution < 1.29 is 4.79 Å².